The second-order valence-electron chi connectivity index (χ2n) is 4.03. The molecular weight excluding hydrogens is 220 g/mol. The third-order valence-electron chi connectivity index (χ3n) is 2.92. The van der Waals surface area contributed by atoms with Crippen LogP contribution in [0.2, 0.25) is 0 Å². The predicted octanol–water partition coefficient (Wildman–Crippen LogP) is 0.944. The third kappa shape index (κ3) is 1.64. The molecule has 0 fully saturated rings. The van der Waals surface area contributed by atoms with Gasteiger partial charge in [-0.25, -0.2) is 4.68 Å². The Morgan fingerprint density at radius 1 is 1.29 bits per heavy atom. The summed E-state index contributed by atoms with van der Waals surface area (Å²) in [6.45, 7) is 1.05. The van der Waals surface area contributed by atoms with Crippen molar-refractivity contribution >= 4 is 0 Å². The number of nitrogens with zero attached hydrogens (tertiary/aromatic N) is 1. The van der Waals surface area contributed by atoms with Gasteiger partial charge in [0.15, 0.2) is 0 Å². The highest BCUT2D eigenvalue weighted by Crippen LogP contribution is 2.15. The van der Waals surface area contributed by atoms with Crippen molar-refractivity contribution < 1.29 is 9.84 Å². The number of fused-ring (bicyclic) bond motifs is 1. The topological polar surface area (TPSA) is 67.2 Å². The summed E-state index contributed by atoms with van der Waals surface area (Å²) >= 11 is 0. The fourth-order valence-electron chi connectivity index (χ4n) is 2.03. The Hall–Kier alpha value is -2.01. The molecule has 0 spiro atoms. The smallest absolute Gasteiger partial charge is 0.274 e. The number of rotatable bonds is 1. The first-order valence-corrected chi connectivity index (χ1v) is 5.45. The Balaban J connectivity index is 2.12. The summed E-state index contributed by atoms with van der Waals surface area (Å²) in [6, 6.07) is 6.50. The van der Waals surface area contributed by atoms with Gasteiger partial charge in [0.2, 0.25) is 0 Å². The molecule has 1 aromatic carbocycles. The van der Waals surface area contributed by atoms with E-state index in [9.17, 15) is 9.90 Å². The van der Waals surface area contributed by atoms with Crippen LogP contribution in [-0.4, -0.2) is 21.5 Å². The van der Waals surface area contributed by atoms with Crippen molar-refractivity contribution in [2.24, 2.45) is 0 Å². The van der Waals surface area contributed by atoms with Gasteiger partial charge in [0.25, 0.3) is 5.56 Å². The number of aromatic hydroxyl groups is 1. The third-order valence-corrected chi connectivity index (χ3v) is 2.92. The van der Waals surface area contributed by atoms with E-state index in [1.807, 2.05) is 0 Å². The maximum atomic E-state index is 12.1. The molecule has 3 rings (SSSR count). The van der Waals surface area contributed by atoms with Gasteiger partial charge >= 0.3 is 0 Å². The summed E-state index contributed by atoms with van der Waals surface area (Å²) in [5.74, 6) is 0.182. The molecule has 1 aliphatic heterocycles. The first kappa shape index (κ1) is 10.2. The van der Waals surface area contributed by atoms with Crippen LogP contribution in [-0.2, 0) is 17.8 Å². The van der Waals surface area contributed by atoms with Crippen molar-refractivity contribution in [3.05, 3.63) is 45.9 Å². The fourth-order valence-corrected chi connectivity index (χ4v) is 2.03. The minimum absolute atomic E-state index is 0.0333. The molecule has 2 heterocycles. The van der Waals surface area contributed by atoms with Gasteiger partial charge in [0.05, 0.1) is 24.6 Å². The van der Waals surface area contributed by atoms with Crippen LogP contribution in [0, 0.1) is 0 Å². The molecule has 2 aromatic rings. The molecule has 17 heavy (non-hydrogen) atoms. The van der Waals surface area contributed by atoms with Gasteiger partial charge in [-0.05, 0) is 24.3 Å². The highest BCUT2D eigenvalue weighted by atomic mass is 16.5. The highest BCUT2D eigenvalue weighted by Gasteiger charge is 2.18. The fraction of sp³-hybridized carbons (Fsp3) is 0.250. The second-order valence-corrected chi connectivity index (χ2v) is 4.03. The Kier molecular flexibility index (Phi) is 2.26. The lowest BCUT2D eigenvalue weighted by atomic mass is 10.1. The van der Waals surface area contributed by atoms with Crippen molar-refractivity contribution in [3.8, 4) is 11.4 Å². The monoisotopic (exact) mass is 232 g/mol. The zero-order valence-corrected chi connectivity index (χ0v) is 9.14. The number of aromatic amines is 1. The van der Waals surface area contributed by atoms with Crippen LogP contribution in [0.3, 0.4) is 0 Å². The van der Waals surface area contributed by atoms with Crippen LogP contribution in [0.15, 0.2) is 29.1 Å². The van der Waals surface area contributed by atoms with Crippen LogP contribution < -0.4 is 5.56 Å². The highest BCUT2D eigenvalue weighted by molar-refractivity contribution is 5.37. The molecule has 5 heteroatoms. The molecule has 0 saturated heterocycles. The molecule has 0 unspecified atom stereocenters. The lowest BCUT2D eigenvalue weighted by Crippen LogP contribution is -2.19. The molecule has 5 nitrogen and oxygen atoms in total. The molecule has 0 radical (unpaired) electrons. The van der Waals surface area contributed by atoms with Gasteiger partial charge in [-0.15, -0.1) is 0 Å². The summed E-state index contributed by atoms with van der Waals surface area (Å²) in [4.78, 5) is 12.1. The van der Waals surface area contributed by atoms with E-state index in [0.29, 0.717) is 25.3 Å². The maximum absolute atomic E-state index is 12.1. The standard InChI is InChI=1S/C12H12N2O3/c15-9-3-1-8(2-4-9)14-12(16)10-5-6-17-7-11(10)13-14/h1-4,13,15H,5-7H2. The van der Waals surface area contributed by atoms with E-state index < -0.39 is 0 Å². The van der Waals surface area contributed by atoms with Crippen LogP contribution in [0.4, 0.5) is 0 Å². The zero-order valence-electron chi connectivity index (χ0n) is 9.14. The Morgan fingerprint density at radius 2 is 2.06 bits per heavy atom. The average molecular weight is 232 g/mol. The second kappa shape index (κ2) is 3.78. The van der Waals surface area contributed by atoms with Crippen molar-refractivity contribution in [2.45, 2.75) is 13.0 Å². The van der Waals surface area contributed by atoms with Gasteiger partial charge in [-0.2, -0.15) is 0 Å². The number of phenols is 1. The van der Waals surface area contributed by atoms with E-state index in [1.165, 1.54) is 4.68 Å². The lowest BCUT2D eigenvalue weighted by molar-refractivity contribution is 0.108. The number of hydrogen-bond acceptors (Lipinski definition) is 3. The van der Waals surface area contributed by atoms with E-state index >= 15 is 0 Å². The largest absolute Gasteiger partial charge is 0.508 e. The number of H-pyrrole nitrogens is 1. The number of nitrogens with one attached hydrogen (secondary N) is 1. The number of aromatic nitrogens is 2. The summed E-state index contributed by atoms with van der Waals surface area (Å²) in [6.07, 6.45) is 0.649. The van der Waals surface area contributed by atoms with Crippen LogP contribution in [0.5, 0.6) is 5.75 Å². The molecule has 1 aromatic heterocycles. The predicted molar refractivity (Wildman–Crippen MR) is 61.4 cm³/mol. The SMILES string of the molecule is O=c1c2c([nH]n1-c1ccc(O)cc1)COCC2. The molecule has 0 amide bonds. The molecule has 0 bridgehead atoms. The van der Waals surface area contributed by atoms with Gasteiger partial charge in [0, 0.05) is 12.0 Å². The number of benzene rings is 1. The van der Waals surface area contributed by atoms with E-state index in [0.717, 1.165) is 11.3 Å². The van der Waals surface area contributed by atoms with E-state index in [2.05, 4.69) is 5.10 Å². The van der Waals surface area contributed by atoms with Gasteiger partial charge in [0.1, 0.15) is 5.75 Å². The molecule has 0 atom stereocenters. The molecule has 0 saturated carbocycles. The van der Waals surface area contributed by atoms with E-state index in [1.54, 1.807) is 24.3 Å². The first-order chi connectivity index (χ1) is 8.25. The van der Waals surface area contributed by atoms with Crippen molar-refractivity contribution in [2.75, 3.05) is 6.61 Å². The van der Waals surface area contributed by atoms with E-state index in [-0.39, 0.29) is 11.3 Å². The lowest BCUT2D eigenvalue weighted by Gasteiger charge is -2.08. The molecule has 2 N–H and O–H groups in total. The Morgan fingerprint density at radius 3 is 2.76 bits per heavy atom. The van der Waals surface area contributed by atoms with Gasteiger partial charge in [-0.1, -0.05) is 0 Å². The summed E-state index contributed by atoms with van der Waals surface area (Å²) in [5.41, 5.74) is 2.31. The Labute approximate surface area is 97.3 Å². The number of ether oxygens (including phenoxy) is 1. The summed E-state index contributed by atoms with van der Waals surface area (Å²) < 4.78 is 6.78. The van der Waals surface area contributed by atoms with Crippen LogP contribution in [0.25, 0.3) is 5.69 Å². The Bertz CT molecular complexity index is 595. The maximum Gasteiger partial charge on any atom is 0.274 e. The van der Waals surface area contributed by atoms with Crippen LogP contribution in [0.1, 0.15) is 11.3 Å². The zero-order chi connectivity index (χ0) is 11.8. The minimum atomic E-state index is -0.0333. The molecular formula is C12H12N2O3. The van der Waals surface area contributed by atoms with E-state index in [4.69, 9.17) is 4.74 Å². The number of hydrogen-bond donors (Lipinski definition) is 2. The summed E-state index contributed by atoms with van der Waals surface area (Å²) in [5, 5.41) is 12.3. The number of phenolic OH excluding ortho intramolecular Hbond substituents is 1. The van der Waals surface area contributed by atoms with Crippen molar-refractivity contribution in [1.29, 1.82) is 0 Å². The normalized spacial score (nSPS) is 14.6. The minimum Gasteiger partial charge on any atom is -0.508 e. The molecule has 0 aliphatic carbocycles. The van der Waals surface area contributed by atoms with Gasteiger partial charge < -0.3 is 9.84 Å². The van der Waals surface area contributed by atoms with Gasteiger partial charge in [-0.3, -0.25) is 9.89 Å². The molecule has 1 aliphatic rings. The quantitative estimate of drug-likeness (QED) is 0.769. The average Bonchev–Trinajstić information content (AvgIpc) is 2.69. The van der Waals surface area contributed by atoms with Crippen molar-refractivity contribution in [1.82, 2.24) is 9.78 Å². The summed E-state index contributed by atoms with van der Waals surface area (Å²) in [7, 11) is 0. The van der Waals surface area contributed by atoms with Crippen molar-refractivity contribution in [3.63, 3.8) is 0 Å². The van der Waals surface area contributed by atoms with Crippen LogP contribution >= 0.6 is 0 Å². The molecule has 88 valence electrons. The first-order valence-electron chi connectivity index (χ1n) is 5.45.